The lowest BCUT2D eigenvalue weighted by Crippen LogP contribution is -2.57. The van der Waals surface area contributed by atoms with E-state index in [1.165, 1.54) is 32.1 Å². The molecule has 1 aromatic rings. The minimum Gasteiger partial charge on any atom is -0.388 e. The minimum atomic E-state index is -4.61. The monoisotopic (exact) mass is 435 g/mol. The topological polar surface area (TPSA) is 87.5 Å². The van der Waals surface area contributed by atoms with E-state index in [-0.39, 0.29) is 17.7 Å². The summed E-state index contributed by atoms with van der Waals surface area (Å²) in [4.78, 5) is 3.41. The van der Waals surface area contributed by atoms with Crippen molar-refractivity contribution in [2.24, 2.45) is 17.8 Å². The summed E-state index contributed by atoms with van der Waals surface area (Å²) in [7, 11) is 0. The summed E-state index contributed by atoms with van der Waals surface area (Å²) in [6.45, 7) is 0.105. The van der Waals surface area contributed by atoms with Gasteiger partial charge >= 0.3 is 6.18 Å². The second-order valence-electron chi connectivity index (χ2n) is 8.78. The van der Waals surface area contributed by atoms with Crippen LogP contribution >= 0.6 is 11.5 Å². The molecule has 3 fully saturated rings. The van der Waals surface area contributed by atoms with E-state index in [4.69, 9.17) is 4.74 Å². The molecule has 1 aliphatic heterocycles. The van der Waals surface area contributed by atoms with Crippen molar-refractivity contribution >= 4 is 16.7 Å². The Morgan fingerprint density at radius 3 is 2.52 bits per heavy atom. The number of halogens is 3. The first kappa shape index (κ1) is 21.3. The summed E-state index contributed by atoms with van der Waals surface area (Å²) in [5, 5.41) is 23.8. The van der Waals surface area contributed by atoms with E-state index in [1.54, 1.807) is 0 Å². The van der Waals surface area contributed by atoms with E-state index in [0.29, 0.717) is 17.5 Å². The van der Waals surface area contributed by atoms with Crippen molar-refractivity contribution in [2.45, 2.75) is 81.9 Å². The Morgan fingerprint density at radius 1 is 1.07 bits per heavy atom. The van der Waals surface area contributed by atoms with Gasteiger partial charge in [-0.25, -0.2) is 0 Å². The first-order chi connectivity index (χ1) is 13.8. The van der Waals surface area contributed by atoms with Gasteiger partial charge in [-0.15, -0.1) is 0 Å². The van der Waals surface area contributed by atoms with Gasteiger partial charge in [-0.05, 0) is 37.0 Å². The summed E-state index contributed by atoms with van der Waals surface area (Å²) in [5.41, 5.74) is 0. The molecule has 1 saturated heterocycles. The fourth-order valence-corrected chi connectivity index (χ4v) is 5.93. The predicted octanol–water partition coefficient (Wildman–Crippen LogP) is 3.45. The zero-order chi connectivity index (χ0) is 20.6. The van der Waals surface area contributed by atoms with Crippen molar-refractivity contribution in [3.05, 3.63) is 5.82 Å². The number of nitrogens with one attached hydrogen (secondary N) is 1. The molecule has 29 heavy (non-hydrogen) atoms. The van der Waals surface area contributed by atoms with E-state index >= 15 is 0 Å². The average Bonchev–Trinajstić information content (AvgIpc) is 3.41. The second-order valence-corrected chi connectivity index (χ2v) is 9.53. The van der Waals surface area contributed by atoms with E-state index < -0.39 is 36.4 Å². The molecule has 0 spiro atoms. The van der Waals surface area contributed by atoms with Crippen molar-refractivity contribution in [1.82, 2.24) is 9.36 Å². The number of aliphatic hydroxyl groups excluding tert-OH is 2. The van der Waals surface area contributed by atoms with Crippen molar-refractivity contribution in [3.8, 4) is 0 Å². The molecule has 3 N–H and O–H groups in total. The first-order valence-corrected chi connectivity index (χ1v) is 11.2. The molecule has 0 bridgehead atoms. The number of rotatable bonds is 5. The number of hydrogen-bond donors (Lipinski definition) is 3. The maximum absolute atomic E-state index is 12.6. The SMILES string of the molecule is O[C@@H]1[C@H](O)[C@@H](Nc2nc(C(F)(F)F)ns2)CO[C@@H]1C1CCC(CC2CCCC2)C1. The number of ether oxygens (including phenoxy) is 1. The van der Waals surface area contributed by atoms with Crippen LogP contribution in [0.15, 0.2) is 0 Å². The van der Waals surface area contributed by atoms with Gasteiger partial charge in [-0.1, -0.05) is 32.1 Å². The lowest BCUT2D eigenvalue weighted by molar-refractivity contribution is -0.158. The van der Waals surface area contributed by atoms with Gasteiger partial charge in [0.05, 0.1) is 18.8 Å². The van der Waals surface area contributed by atoms with Gasteiger partial charge in [-0.2, -0.15) is 22.5 Å². The normalized spacial score (nSPS) is 36.6. The third-order valence-electron chi connectivity index (χ3n) is 6.74. The van der Waals surface area contributed by atoms with Crippen molar-refractivity contribution in [1.29, 1.82) is 0 Å². The third kappa shape index (κ3) is 4.86. The quantitative estimate of drug-likeness (QED) is 0.657. The van der Waals surface area contributed by atoms with Crippen molar-refractivity contribution < 1.29 is 28.1 Å². The van der Waals surface area contributed by atoms with Crippen molar-refractivity contribution in [2.75, 3.05) is 11.9 Å². The predicted molar refractivity (Wildman–Crippen MR) is 101 cm³/mol. The number of aliphatic hydroxyl groups is 2. The van der Waals surface area contributed by atoms with E-state index in [0.717, 1.165) is 25.2 Å². The van der Waals surface area contributed by atoms with Gasteiger partial charge in [0.15, 0.2) is 0 Å². The summed E-state index contributed by atoms with van der Waals surface area (Å²) in [5.74, 6) is 0.497. The van der Waals surface area contributed by atoms with Gasteiger partial charge in [0, 0.05) is 11.5 Å². The van der Waals surface area contributed by atoms with Gasteiger partial charge in [0.25, 0.3) is 0 Å². The summed E-state index contributed by atoms with van der Waals surface area (Å²) >= 11 is 0.574. The maximum atomic E-state index is 12.6. The molecule has 4 rings (SSSR count). The van der Waals surface area contributed by atoms with Gasteiger partial charge in [0.1, 0.15) is 12.2 Å². The van der Waals surface area contributed by atoms with Crippen molar-refractivity contribution in [3.63, 3.8) is 0 Å². The highest BCUT2D eigenvalue weighted by atomic mass is 32.1. The summed E-state index contributed by atoms with van der Waals surface area (Å²) < 4.78 is 47.1. The molecule has 2 unspecified atom stereocenters. The molecule has 10 heteroatoms. The third-order valence-corrected chi connectivity index (χ3v) is 7.39. The van der Waals surface area contributed by atoms with Crippen LogP contribution < -0.4 is 5.32 Å². The number of anilines is 1. The van der Waals surface area contributed by atoms with Crippen LogP contribution in [0.4, 0.5) is 18.3 Å². The Balaban J connectivity index is 1.30. The molecule has 6 atom stereocenters. The van der Waals surface area contributed by atoms with Crippen LogP contribution in [-0.4, -0.2) is 50.5 Å². The Bertz CT molecular complexity index is 683. The molecule has 3 aliphatic rings. The fraction of sp³-hybridized carbons (Fsp3) is 0.895. The van der Waals surface area contributed by atoms with Crippen LogP contribution in [0.5, 0.6) is 0 Å². The highest BCUT2D eigenvalue weighted by Gasteiger charge is 2.45. The van der Waals surface area contributed by atoms with Crippen LogP contribution in [0.1, 0.15) is 57.2 Å². The highest BCUT2D eigenvalue weighted by Crippen LogP contribution is 2.42. The number of alkyl halides is 3. The second kappa shape index (κ2) is 8.64. The molecule has 0 amide bonds. The molecular formula is C19H28F3N3O3S. The van der Waals surface area contributed by atoms with Crippen LogP contribution in [0.25, 0.3) is 0 Å². The summed E-state index contributed by atoms with van der Waals surface area (Å²) in [6.07, 6.45) is 2.46. The van der Waals surface area contributed by atoms with E-state index in [1.807, 2.05) is 0 Å². The number of nitrogens with zero attached hydrogens (tertiary/aromatic N) is 2. The van der Waals surface area contributed by atoms with Crippen LogP contribution in [0.3, 0.4) is 0 Å². The van der Waals surface area contributed by atoms with E-state index in [9.17, 15) is 23.4 Å². The molecule has 6 nitrogen and oxygen atoms in total. The maximum Gasteiger partial charge on any atom is 0.452 e. The molecule has 2 aliphatic carbocycles. The Morgan fingerprint density at radius 2 is 1.83 bits per heavy atom. The van der Waals surface area contributed by atoms with E-state index in [2.05, 4.69) is 14.7 Å². The highest BCUT2D eigenvalue weighted by molar-refractivity contribution is 7.09. The lowest BCUT2D eigenvalue weighted by atomic mass is 9.86. The standard InChI is InChI=1S/C19H28F3N3O3S/c20-19(21,22)17-24-18(29-25-17)23-13-9-28-16(15(27)14(13)26)12-6-5-11(8-12)7-10-3-1-2-4-10/h10-16,26-27H,1-9H2,(H,23,24,25)/t11?,12?,13-,14+,15+,16+/m0/s1. The average molecular weight is 436 g/mol. The molecule has 0 radical (unpaired) electrons. The molecular weight excluding hydrogens is 407 g/mol. The smallest absolute Gasteiger partial charge is 0.388 e. The molecule has 2 heterocycles. The molecule has 0 aromatic carbocycles. The summed E-state index contributed by atoms with van der Waals surface area (Å²) in [6, 6.07) is -0.731. The zero-order valence-electron chi connectivity index (χ0n) is 16.1. The Kier molecular flexibility index (Phi) is 6.34. The minimum absolute atomic E-state index is 0.0480. The number of aromatic nitrogens is 2. The van der Waals surface area contributed by atoms with Gasteiger partial charge < -0.3 is 20.3 Å². The van der Waals surface area contributed by atoms with Gasteiger partial charge in [-0.3, -0.25) is 0 Å². The van der Waals surface area contributed by atoms with Crippen LogP contribution in [-0.2, 0) is 10.9 Å². The molecule has 164 valence electrons. The fourth-order valence-electron chi connectivity index (χ4n) is 5.29. The van der Waals surface area contributed by atoms with Gasteiger partial charge in [0.2, 0.25) is 11.0 Å². The zero-order valence-corrected chi connectivity index (χ0v) is 17.0. The molecule has 2 saturated carbocycles. The largest absolute Gasteiger partial charge is 0.452 e. The molecule has 1 aromatic heterocycles. The lowest BCUT2D eigenvalue weighted by Gasteiger charge is -2.40. The Hall–Kier alpha value is -0.970. The first-order valence-electron chi connectivity index (χ1n) is 10.5. The van der Waals surface area contributed by atoms with Crippen LogP contribution in [0.2, 0.25) is 0 Å². The Labute approximate surface area is 172 Å². The van der Waals surface area contributed by atoms with Crippen LogP contribution in [0, 0.1) is 17.8 Å². The number of hydrogen-bond acceptors (Lipinski definition) is 7.